The van der Waals surface area contributed by atoms with Crippen molar-refractivity contribution in [2.24, 2.45) is 11.8 Å². The maximum absolute atomic E-state index is 12.9. The van der Waals surface area contributed by atoms with Crippen LogP contribution in [0.5, 0.6) is 0 Å². The van der Waals surface area contributed by atoms with Gasteiger partial charge in [0, 0.05) is 17.8 Å². The molecule has 1 heteroatoms. The molecular weight excluding hydrogens is 268 g/mol. The van der Waals surface area contributed by atoms with Crippen molar-refractivity contribution in [2.45, 2.75) is 25.2 Å². The van der Waals surface area contributed by atoms with E-state index in [4.69, 9.17) is 0 Å². The molecule has 0 aromatic heterocycles. The van der Waals surface area contributed by atoms with Gasteiger partial charge in [0.05, 0.1) is 0 Å². The first-order valence-electron chi connectivity index (χ1n) is 8.20. The van der Waals surface area contributed by atoms with Crippen LogP contribution < -0.4 is 0 Å². The number of fused-ring (bicyclic) bond motifs is 2. The Kier molecular flexibility index (Phi) is 3.42. The van der Waals surface area contributed by atoms with Gasteiger partial charge in [-0.2, -0.15) is 0 Å². The Morgan fingerprint density at radius 2 is 1.50 bits per heavy atom. The minimum absolute atomic E-state index is 0.112. The van der Waals surface area contributed by atoms with Crippen molar-refractivity contribution in [1.29, 1.82) is 0 Å². The molecule has 0 unspecified atom stereocenters. The SMILES string of the molecule is O=C1[C@H]2CCC[C@H]1[C@H](c1ccccc1)C=C2c1ccccc1. The van der Waals surface area contributed by atoms with E-state index in [-0.39, 0.29) is 17.8 Å². The Balaban J connectivity index is 1.84. The fourth-order valence-corrected chi connectivity index (χ4v) is 4.11. The molecule has 110 valence electrons. The normalized spacial score (nSPS) is 27.4. The number of rotatable bonds is 2. The summed E-state index contributed by atoms with van der Waals surface area (Å²) in [7, 11) is 0. The molecule has 0 spiro atoms. The van der Waals surface area contributed by atoms with Crippen LogP contribution in [0.3, 0.4) is 0 Å². The maximum atomic E-state index is 12.9. The van der Waals surface area contributed by atoms with Crippen LogP contribution in [0.15, 0.2) is 66.7 Å². The zero-order valence-corrected chi connectivity index (χ0v) is 12.6. The monoisotopic (exact) mass is 288 g/mol. The highest BCUT2D eigenvalue weighted by atomic mass is 16.1. The Bertz CT molecular complexity index is 699. The van der Waals surface area contributed by atoms with Gasteiger partial charge in [-0.3, -0.25) is 4.79 Å². The lowest BCUT2D eigenvalue weighted by atomic mass is 9.64. The molecule has 0 amide bonds. The summed E-state index contributed by atoms with van der Waals surface area (Å²) in [6.07, 6.45) is 5.58. The highest BCUT2D eigenvalue weighted by Gasteiger charge is 2.41. The molecule has 2 aliphatic carbocycles. The molecule has 2 aromatic carbocycles. The highest BCUT2D eigenvalue weighted by Crippen LogP contribution is 2.47. The fraction of sp³-hybridized carbons (Fsp3) is 0.286. The molecule has 2 bridgehead atoms. The molecule has 2 aliphatic rings. The van der Waals surface area contributed by atoms with Gasteiger partial charge < -0.3 is 0 Å². The third kappa shape index (κ3) is 2.21. The van der Waals surface area contributed by atoms with Gasteiger partial charge in [-0.1, -0.05) is 73.2 Å². The van der Waals surface area contributed by atoms with Gasteiger partial charge in [-0.15, -0.1) is 0 Å². The van der Waals surface area contributed by atoms with Crippen molar-refractivity contribution < 1.29 is 4.79 Å². The van der Waals surface area contributed by atoms with Gasteiger partial charge in [0.15, 0.2) is 0 Å². The molecular formula is C21H20O. The molecule has 1 fully saturated rings. The standard InChI is InChI=1S/C21H20O/c22-21-17-12-7-13-18(21)20(16-10-5-2-6-11-16)14-19(17)15-8-3-1-4-9-15/h1-6,8-11,14,17-19H,7,12-13H2/t17-,18-,19-/m0/s1. The van der Waals surface area contributed by atoms with E-state index < -0.39 is 0 Å². The fourth-order valence-electron chi connectivity index (χ4n) is 4.11. The Hall–Kier alpha value is -2.15. The average molecular weight is 288 g/mol. The molecule has 0 saturated heterocycles. The van der Waals surface area contributed by atoms with E-state index in [0.29, 0.717) is 5.78 Å². The quantitative estimate of drug-likeness (QED) is 0.772. The van der Waals surface area contributed by atoms with E-state index in [1.807, 2.05) is 12.1 Å². The predicted octanol–water partition coefficient (Wildman–Crippen LogP) is 4.85. The first kappa shape index (κ1) is 13.5. The van der Waals surface area contributed by atoms with Crippen LogP contribution in [-0.2, 0) is 4.79 Å². The molecule has 1 nitrogen and oxygen atoms in total. The Labute approximate surface area is 131 Å². The lowest BCUT2D eigenvalue weighted by Crippen LogP contribution is -2.36. The van der Waals surface area contributed by atoms with Gasteiger partial charge in [-0.05, 0) is 29.5 Å². The lowest BCUT2D eigenvalue weighted by Gasteiger charge is -2.38. The van der Waals surface area contributed by atoms with Crippen LogP contribution >= 0.6 is 0 Å². The summed E-state index contributed by atoms with van der Waals surface area (Å²) in [4.78, 5) is 12.9. The van der Waals surface area contributed by atoms with Crippen LogP contribution in [-0.4, -0.2) is 5.78 Å². The predicted molar refractivity (Wildman–Crippen MR) is 89.4 cm³/mol. The summed E-state index contributed by atoms with van der Waals surface area (Å²) in [6.45, 7) is 0. The van der Waals surface area contributed by atoms with Crippen molar-refractivity contribution in [2.75, 3.05) is 0 Å². The maximum Gasteiger partial charge on any atom is 0.144 e. The smallest absolute Gasteiger partial charge is 0.144 e. The van der Waals surface area contributed by atoms with E-state index in [9.17, 15) is 4.79 Å². The third-order valence-corrected chi connectivity index (χ3v) is 5.18. The van der Waals surface area contributed by atoms with E-state index in [2.05, 4.69) is 54.6 Å². The van der Waals surface area contributed by atoms with Crippen LogP contribution in [0.1, 0.15) is 36.3 Å². The van der Waals surface area contributed by atoms with E-state index in [0.717, 1.165) is 19.3 Å². The van der Waals surface area contributed by atoms with Crippen molar-refractivity contribution >= 4 is 11.4 Å². The number of carbonyl (C=O) groups is 1. The summed E-state index contributed by atoms with van der Waals surface area (Å²) in [6, 6.07) is 20.9. The number of carbonyl (C=O) groups excluding carboxylic acids is 1. The number of benzene rings is 2. The number of hydrogen-bond donors (Lipinski definition) is 0. The van der Waals surface area contributed by atoms with Crippen LogP contribution in [0.4, 0.5) is 0 Å². The molecule has 4 rings (SSSR count). The molecule has 0 N–H and O–H groups in total. The lowest BCUT2D eigenvalue weighted by molar-refractivity contribution is -0.128. The van der Waals surface area contributed by atoms with Crippen LogP contribution in [0, 0.1) is 11.8 Å². The zero-order chi connectivity index (χ0) is 14.9. The average Bonchev–Trinajstić information content (AvgIpc) is 2.57. The molecule has 22 heavy (non-hydrogen) atoms. The van der Waals surface area contributed by atoms with Gasteiger partial charge in [-0.25, -0.2) is 0 Å². The summed E-state index contributed by atoms with van der Waals surface area (Å²) >= 11 is 0. The molecule has 0 aliphatic heterocycles. The van der Waals surface area contributed by atoms with E-state index in [1.165, 1.54) is 16.7 Å². The number of ketones is 1. The van der Waals surface area contributed by atoms with Crippen LogP contribution in [0.25, 0.3) is 5.57 Å². The van der Waals surface area contributed by atoms with E-state index >= 15 is 0 Å². The largest absolute Gasteiger partial charge is 0.299 e. The first-order chi connectivity index (χ1) is 10.8. The zero-order valence-electron chi connectivity index (χ0n) is 12.6. The number of Topliss-reactive ketones (excluding diaryl/α,β-unsaturated/α-hetero) is 1. The molecule has 2 aromatic rings. The molecule has 3 atom stereocenters. The summed E-state index contributed by atoms with van der Waals surface area (Å²) in [5.74, 6) is 0.983. The van der Waals surface area contributed by atoms with Crippen molar-refractivity contribution in [3.63, 3.8) is 0 Å². The topological polar surface area (TPSA) is 17.1 Å². The summed E-state index contributed by atoms with van der Waals surface area (Å²) < 4.78 is 0. The van der Waals surface area contributed by atoms with E-state index in [1.54, 1.807) is 0 Å². The second kappa shape index (κ2) is 5.57. The van der Waals surface area contributed by atoms with Crippen LogP contribution in [0.2, 0.25) is 0 Å². The minimum atomic E-state index is 0.112. The number of hydrogen-bond acceptors (Lipinski definition) is 1. The van der Waals surface area contributed by atoms with Crippen molar-refractivity contribution in [1.82, 2.24) is 0 Å². The Morgan fingerprint density at radius 1 is 0.818 bits per heavy atom. The molecule has 0 radical (unpaired) electrons. The van der Waals surface area contributed by atoms with Gasteiger partial charge in [0.25, 0.3) is 0 Å². The second-order valence-corrected chi connectivity index (χ2v) is 6.42. The van der Waals surface area contributed by atoms with Gasteiger partial charge in [0.1, 0.15) is 5.78 Å². The molecule has 0 heterocycles. The molecule has 1 saturated carbocycles. The highest BCUT2D eigenvalue weighted by molar-refractivity contribution is 5.98. The number of allylic oxidation sites excluding steroid dienone is 2. The van der Waals surface area contributed by atoms with Crippen molar-refractivity contribution in [3.8, 4) is 0 Å². The summed E-state index contributed by atoms with van der Waals surface area (Å²) in [5.41, 5.74) is 3.73. The van der Waals surface area contributed by atoms with Gasteiger partial charge >= 0.3 is 0 Å². The minimum Gasteiger partial charge on any atom is -0.299 e. The Morgan fingerprint density at radius 3 is 2.23 bits per heavy atom. The third-order valence-electron chi connectivity index (χ3n) is 5.18. The summed E-state index contributed by atoms with van der Waals surface area (Å²) in [5, 5.41) is 0. The van der Waals surface area contributed by atoms with Gasteiger partial charge in [0.2, 0.25) is 0 Å². The van der Waals surface area contributed by atoms with Crippen molar-refractivity contribution in [3.05, 3.63) is 77.9 Å². The second-order valence-electron chi connectivity index (χ2n) is 6.42. The first-order valence-corrected chi connectivity index (χ1v) is 8.20.